The van der Waals surface area contributed by atoms with Crippen LogP contribution in [-0.2, 0) is 0 Å². The molecule has 1 saturated carbocycles. The van der Waals surface area contributed by atoms with Crippen molar-refractivity contribution in [3.63, 3.8) is 0 Å². The Hall–Kier alpha value is -0.370. The quantitative estimate of drug-likeness (QED) is 0.737. The molecule has 0 saturated heterocycles. The van der Waals surface area contributed by atoms with Crippen LogP contribution in [0.5, 0.6) is 0 Å². The molecule has 2 heteroatoms. The summed E-state index contributed by atoms with van der Waals surface area (Å²) in [6.07, 6.45) is 7.21. The molecule has 0 aromatic rings. The topological polar surface area (TPSA) is 27.1 Å². The maximum atomic E-state index is 7.05. The van der Waals surface area contributed by atoms with Crippen LogP contribution in [0, 0.1) is 5.41 Å². The van der Waals surface area contributed by atoms with Gasteiger partial charge in [-0.05, 0) is 58.7 Å². The summed E-state index contributed by atoms with van der Waals surface area (Å²) in [6.45, 7) is 6.92. The summed E-state index contributed by atoms with van der Waals surface area (Å²) in [7, 11) is 2.17. The van der Waals surface area contributed by atoms with E-state index in [1.54, 1.807) is 0 Å². The first kappa shape index (κ1) is 13.6. The average Bonchev–Trinajstić information content (AvgIpc) is 2.58. The molecule has 0 unspecified atom stereocenters. The lowest BCUT2D eigenvalue weighted by atomic mass is 10.3. The lowest BCUT2D eigenvalue weighted by Gasteiger charge is -2.12. The van der Waals surface area contributed by atoms with Gasteiger partial charge in [0.15, 0.2) is 0 Å². The molecule has 1 rings (SSSR count). The maximum absolute atomic E-state index is 7.05. The van der Waals surface area contributed by atoms with Crippen LogP contribution in [0.15, 0.2) is 0 Å². The van der Waals surface area contributed by atoms with Crippen molar-refractivity contribution in [2.24, 2.45) is 0 Å². The van der Waals surface area contributed by atoms with Gasteiger partial charge in [-0.3, -0.25) is 0 Å². The summed E-state index contributed by atoms with van der Waals surface area (Å²) in [5, 5.41) is 7.05. The highest BCUT2D eigenvalue weighted by Crippen LogP contribution is 2.11. The van der Waals surface area contributed by atoms with Crippen molar-refractivity contribution in [2.45, 2.75) is 52.4 Å². The molecule has 84 valence electrons. The second-order valence-corrected chi connectivity index (χ2v) is 4.11. The number of nitrogens with one attached hydrogen (secondary N) is 1. The number of rotatable bonds is 4. The average molecular weight is 198 g/mol. The van der Waals surface area contributed by atoms with Crippen LogP contribution in [-0.4, -0.2) is 30.7 Å². The molecular formula is C12H26N2. The standard InChI is InChI=1S/C7H17N.C5H9N/c1-4-6-8(3)7-5-2;6-5-3-1-2-4-5/h4-7H2,1-3H3;6H,1-4H2. The molecule has 0 amide bonds. The maximum Gasteiger partial charge on any atom is 0.00891 e. The zero-order valence-electron chi connectivity index (χ0n) is 10.1. The van der Waals surface area contributed by atoms with Crippen LogP contribution < -0.4 is 0 Å². The van der Waals surface area contributed by atoms with Crippen LogP contribution in [0.25, 0.3) is 0 Å². The van der Waals surface area contributed by atoms with Gasteiger partial charge in [0.05, 0.1) is 0 Å². The number of nitrogens with zero attached hydrogens (tertiary/aromatic N) is 1. The van der Waals surface area contributed by atoms with E-state index in [9.17, 15) is 0 Å². The van der Waals surface area contributed by atoms with Gasteiger partial charge in [0, 0.05) is 5.71 Å². The molecule has 0 spiro atoms. The van der Waals surface area contributed by atoms with E-state index in [4.69, 9.17) is 5.41 Å². The third kappa shape index (κ3) is 8.24. The molecule has 1 N–H and O–H groups in total. The molecule has 1 aliphatic carbocycles. The lowest BCUT2D eigenvalue weighted by molar-refractivity contribution is 0.335. The summed E-state index contributed by atoms with van der Waals surface area (Å²) >= 11 is 0. The van der Waals surface area contributed by atoms with Crippen molar-refractivity contribution >= 4 is 5.71 Å². The minimum absolute atomic E-state index is 0.954. The molecular weight excluding hydrogens is 172 g/mol. The normalized spacial score (nSPS) is 15.6. The van der Waals surface area contributed by atoms with E-state index in [1.165, 1.54) is 38.8 Å². The predicted octanol–water partition coefficient (Wildman–Crippen LogP) is 3.32. The van der Waals surface area contributed by atoms with Gasteiger partial charge in [-0.15, -0.1) is 0 Å². The molecule has 1 fully saturated rings. The monoisotopic (exact) mass is 198 g/mol. The number of hydrogen-bond donors (Lipinski definition) is 1. The van der Waals surface area contributed by atoms with E-state index in [2.05, 4.69) is 25.8 Å². The largest absolute Gasteiger partial charge is 0.310 e. The van der Waals surface area contributed by atoms with Gasteiger partial charge in [0.1, 0.15) is 0 Å². The SMILES string of the molecule is CCCN(C)CCC.N=C1CCCC1. The molecule has 0 heterocycles. The van der Waals surface area contributed by atoms with Crippen molar-refractivity contribution in [3.8, 4) is 0 Å². The van der Waals surface area contributed by atoms with Gasteiger partial charge in [-0.25, -0.2) is 0 Å². The summed E-state index contributed by atoms with van der Waals surface area (Å²) in [5.41, 5.74) is 0.954. The summed E-state index contributed by atoms with van der Waals surface area (Å²) in [5.74, 6) is 0. The molecule has 0 aromatic heterocycles. The highest BCUT2D eigenvalue weighted by molar-refractivity contribution is 5.82. The van der Waals surface area contributed by atoms with Crippen LogP contribution in [0.2, 0.25) is 0 Å². The van der Waals surface area contributed by atoms with Crippen molar-refractivity contribution in [1.82, 2.24) is 4.90 Å². The third-order valence-corrected chi connectivity index (χ3v) is 2.42. The highest BCUT2D eigenvalue weighted by Gasteiger charge is 2.03. The third-order valence-electron chi connectivity index (χ3n) is 2.42. The molecule has 14 heavy (non-hydrogen) atoms. The Balaban J connectivity index is 0.000000249. The Morgan fingerprint density at radius 3 is 1.71 bits per heavy atom. The van der Waals surface area contributed by atoms with Crippen molar-refractivity contribution in [1.29, 1.82) is 5.41 Å². The first-order chi connectivity index (χ1) is 6.70. The van der Waals surface area contributed by atoms with Crippen LogP contribution >= 0.6 is 0 Å². The number of hydrogen-bond acceptors (Lipinski definition) is 2. The Labute approximate surface area is 89.2 Å². The molecule has 0 aromatic carbocycles. The van der Waals surface area contributed by atoms with E-state index >= 15 is 0 Å². The molecule has 0 radical (unpaired) electrons. The highest BCUT2D eigenvalue weighted by atomic mass is 15.1. The Kier molecular flexibility index (Phi) is 8.95. The van der Waals surface area contributed by atoms with Crippen molar-refractivity contribution in [3.05, 3.63) is 0 Å². The van der Waals surface area contributed by atoms with Gasteiger partial charge < -0.3 is 10.3 Å². The minimum Gasteiger partial charge on any atom is -0.310 e. The zero-order chi connectivity index (χ0) is 10.8. The van der Waals surface area contributed by atoms with Gasteiger partial charge in [-0.1, -0.05) is 13.8 Å². The molecule has 0 aliphatic heterocycles. The fourth-order valence-electron chi connectivity index (χ4n) is 1.68. The van der Waals surface area contributed by atoms with Gasteiger partial charge in [0.25, 0.3) is 0 Å². The van der Waals surface area contributed by atoms with Gasteiger partial charge in [0.2, 0.25) is 0 Å². The van der Waals surface area contributed by atoms with Crippen molar-refractivity contribution in [2.75, 3.05) is 20.1 Å². The van der Waals surface area contributed by atoms with E-state index in [1.807, 2.05) is 0 Å². The summed E-state index contributed by atoms with van der Waals surface area (Å²) < 4.78 is 0. The fourth-order valence-corrected chi connectivity index (χ4v) is 1.68. The van der Waals surface area contributed by atoms with Crippen molar-refractivity contribution < 1.29 is 0 Å². The van der Waals surface area contributed by atoms with Gasteiger partial charge in [-0.2, -0.15) is 0 Å². The second kappa shape index (κ2) is 9.20. The van der Waals surface area contributed by atoms with E-state index in [0.29, 0.717) is 0 Å². The molecule has 0 atom stereocenters. The first-order valence-electron chi connectivity index (χ1n) is 5.95. The van der Waals surface area contributed by atoms with E-state index in [-0.39, 0.29) is 0 Å². The van der Waals surface area contributed by atoms with E-state index < -0.39 is 0 Å². The molecule has 2 nitrogen and oxygen atoms in total. The first-order valence-corrected chi connectivity index (χ1v) is 5.95. The Bertz CT molecular complexity index is 129. The molecule has 0 bridgehead atoms. The molecule has 1 aliphatic rings. The predicted molar refractivity (Wildman–Crippen MR) is 64.3 cm³/mol. The fraction of sp³-hybridized carbons (Fsp3) is 0.917. The van der Waals surface area contributed by atoms with Gasteiger partial charge >= 0.3 is 0 Å². The van der Waals surface area contributed by atoms with Crippen LogP contribution in [0.4, 0.5) is 0 Å². The Morgan fingerprint density at radius 1 is 1.07 bits per heavy atom. The minimum atomic E-state index is 0.954. The van der Waals surface area contributed by atoms with E-state index in [0.717, 1.165) is 18.6 Å². The summed E-state index contributed by atoms with van der Waals surface area (Å²) in [4.78, 5) is 2.36. The summed E-state index contributed by atoms with van der Waals surface area (Å²) in [6, 6.07) is 0. The Morgan fingerprint density at radius 2 is 1.50 bits per heavy atom. The lowest BCUT2D eigenvalue weighted by Crippen LogP contribution is -2.19. The van der Waals surface area contributed by atoms with Crippen LogP contribution in [0.1, 0.15) is 52.4 Å². The van der Waals surface area contributed by atoms with Crippen LogP contribution in [0.3, 0.4) is 0 Å². The second-order valence-electron chi connectivity index (χ2n) is 4.11. The smallest absolute Gasteiger partial charge is 0.00891 e. The zero-order valence-corrected chi connectivity index (χ0v) is 10.1.